The smallest absolute Gasteiger partial charge is 0.390 e. The zero-order valence-electron chi connectivity index (χ0n) is 16.3. The van der Waals surface area contributed by atoms with Gasteiger partial charge in [-0.2, -0.15) is 18.3 Å². The van der Waals surface area contributed by atoms with Crippen molar-refractivity contribution in [1.29, 1.82) is 0 Å². The number of anilines is 1. The van der Waals surface area contributed by atoms with Gasteiger partial charge in [-0.25, -0.2) is 5.10 Å². The number of alkyl halides is 3. The zero-order chi connectivity index (χ0) is 22.4. The van der Waals surface area contributed by atoms with E-state index < -0.39 is 18.5 Å². The van der Waals surface area contributed by atoms with Gasteiger partial charge >= 0.3 is 6.18 Å². The SMILES string of the molecule is NC/C(=C\NCCC(F)(F)F)C(=O)Nc1ccc(-c2n[nH]c(=O)c3ccccc23)cc1. The minimum atomic E-state index is -4.28. The molecule has 0 spiro atoms. The molecule has 3 rings (SSSR count). The first kappa shape index (κ1) is 22.0. The Hall–Kier alpha value is -3.66. The van der Waals surface area contributed by atoms with Gasteiger partial charge in [-0.05, 0) is 18.2 Å². The summed E-state index contributed by atoms with van der Waals surface area (Å²) >= 11 is 0. The highest BCUT2D eigenvalue weighted by Gasteiger charge is 2.25. The summed E-state index contributed by atoms with van der Waals surface area (Å²) in [5, 5.41) is 12.9. The first-order valence-corrected chi connectivity index (χ1v) is 9.37. The summed E-state index contributed by atoms with van der Waals surface area (Å²) in [7, 11) is 0. The normalized spacial score (nSPS) is 12.1. The largest absolute Gasteiger partial charge is 0.390 e. The average molecular weight is 431 g/mol. The van der Waals surface area contributed by atoms with Crippen LogP contribution in [-0.2, 0) is 4.79 Å². The number of rotatable bonds is 7. The van der Waals surface area contributed by atoms with Gasteiger partial charge in [0, 0.05) is 41.5 Å². The Morgan fingerprint density at radius 2 is 1.77 bits per heavy atom. The molecule has 0 saturated carbocycles. The Kier molecular flexibility index (Phi) is 6.71. The summed E-state index contributed by atoms with van der Waals surface area (Å²) < 4.78 is 36.5. The zero-order valence-corrected chi connectivity index (χ0v) is 16.3. The maximum atomic E-state index is 12.3. The molecule has 0 radical (unpaired) electrons. The molecule has 1 aromatic heterocycles. The molecule has 0 aliphatic carbocycles. The van der Waals surface area contributed by atoms with Crippen LogP contribution < -0.4 is 21.9 Å². The van der Waals surface area contributed by atoms with Gasteiger partial charge in [-0.3, -0.25) is 9.59 Å². The predicted molar refractivity (Wildman–Crippen MR) is 112 cm³/mol. The van der Waals surface area contributed by atoms with Crippen LogP contribution in [0.2, 0.25) is 0 Å². The lowest BCUT2D eigenvalue weighted by atomic mass is 10.0. The van der Waals surface area contributed by atoms with Gasteiger partial charge in [0.2, 0.25) is 0 Å². The molecule has 10 heteroatoms. The molecule has 0 aliphatic heterocycles. The molecule has 2 aromatic carbocycles. The second-order valence-corrected chi connectivity index (χ2v) is 6.67. The lowest BCUT2D eigenvalue weighted by Crippen LogP contribution is -2.24. The molecule has 0 bridgehead atoms. The molecule has 0 aliphatic rings. The van der Waals surface area contributed by atoms with Crippen molar-refractivity contribution in [2.75, 3.05) is 18.4 Å². The number of nitrogens with one attached hydrogen (secondary N) is 3. The van der Waals surface area contributed by atoms with Gasteiger partial charge in [0.25, 0.3) is 11.5 Å². The first-order chi connectivity index (χ1) is 14.8. The van der Waals surface area contributed by atoms with Crippen molar-refractivity contribution in [1.82, 2.24) is 15.5 Å². The Labute approximate surface area is 175 Å². The van der Waals surface area contributed by atoms with E-state index in [0.717, 1.165) is 5.56 Å². The van der Waals surface area contributed by atoms with Gasteiger partial charge in [-0.15, -0.1) is 0 Å². The molecule has 0 fully saturated rings. The van der Waals surface area contributed by atoms with E-state index >= 15 is 0 Å². The average Bonchev–Trinajstić information content (AvgIpc) is 2.74. The maximum Gasteiger partial charge on any atom is 0.390 e. The number of hydrogen-bond acceptors (Lipinski definition) is 5. The molecule has 5 N–H and O–H groups in total. The fourth-order valence-electron chi connectivity index (χ4n) is 2.88. The molecule has 3 aromatic rings. The summed E-state index contributed by atoms with van der Waals surface area (Å²) in [6.07, 6.45) is -4.11. The second-order valence-electron chi connectivity index (χ2n) is 6.67. The van der Waals surface area contributed by atoms with E-state index in [2.05, 4.69) is 20.8 Å². The Balaban J connectivity index is 1.71. The van der Waals surface area contributed by atoms with Gasteiger partial charge < -0.3 is 16.4 Å². The number of nitrogens with zero attached hydrogens (tertiary/aromatic N) is 1. The van der Waals surface area contributed by atoms with Crippen molar-refractivity contribution >= 4 is 22.4 Å². The number of fused-ring (bicyclic) bond motifs is 1. The Morgan fingerprint density at radius 1 is 1.10 bits per heavy atom. The number of nitrogens with two attached hydrogens (primary N) is 1. The number of hydrogen-bond donors (Lipinski definition) is 4. The van der Waals surface area contributed by atoms with Crippen LogP contribution in [0.3, 0.4) is 0 Å². The number of H-pyrrole nitrogens is 1. The molecule has 0 saturated heterocycles. The minimum absolute atomic E-state index is 0.111. The van der Waals surface area contributed by atoms with Crippen LogP contribution in [0, 0.1) is 0 Å². The lowest BCUT2D eigenvalue weighted by molar-refractivity contribution is -0.133. The summed E-state index contributed by atoms with van der Waals surface area (Å²) in [5.74, 6) is -0.526. The monoisotopic (exact) mass is 431 g/mol. The van der Waals surface area contributed by atoms with Gasteiger partial charge in [0.15, 0.2) is 0 Å². The number of carbonyl (C=O) groups is 1. The number of halogens is 3. The van der Waals surface area contributed by atoms with E-state index in [9.17, 15) is 22.8 Å². The van der Waals surface area contributed by atoms with Crippen molar-refractivity contribution in [2.45, 2.75) is 12.6 Å². The topological polar surface area (TPSA) is 113 Å². The predicted octanol–water partition coefficient (Wildman–Crippen LogP) is 2.91. The van der Waals surface area contributed by atoms with E-state index in [1.165, 1.54) is 6.20 Å². The van der Waals surface area contributed by atoms with Crippen molar-refractivity contribution in [3.05, 3.63) is 70.7 Å². The van der Waals surface area contributed by atoms with Crippen molar-refractivity contribution < 1.29 is 18.0 Å². The number of aromatic amines is 1. The van der Waals surface area contributed by atoms with Crippen LogP contribution >= 0.6 is 0 Å². The summed E-state index contributed by atoms with van der Waals surface area (Å²) in [5.41, 5.74) is 7.15. The van der Waals surface area contributed by atoms with E-state index in [1.54, 1.807) is 42.5 Å². The van der Waals surface area contributed by atoms with Crippen LogP contribution in [-0.4, -0.2) is 35.4 Å². The fraction of sp³-hybridized carbons (Fsp3) is 0.190. The molecule has 0 atom stereocenters. The number of aromatic nitrogens is 2. The quantitative estimate of drug-likeness (QED) is 0.339. The maximum absolute atomic E-state index is 12.3. The summed E-state index contributed by atoms with van der Waals surface area (Å²) in [6, 6.07) is 13.8. The van der Waals surface area contributed by atoms with Gasteiger partial charge in [-0.1, -0.05) is 30.3 Å². The van der Waals surface area contributed by atoms with E-state index in [4.69, 9.17) is 5.73 Å². The van der Waals surface area contributed by atoms with Crippen molar-refractivity contribution in [2.24, 2.45) is 5.73 Å². The highest BCUT2D eigenvalue weighted by molar-refractivity contribution is 6.04. The van der Waals surface area contributed by atoms with E-state index in [-0.39, 0.29) is 24.2 Å². The number of amides is 1. The molecular formula is C21H20F3N5O2. The summed E-state index contributed by atoms with van der Waals surface area (Å²) in [6.45, 7) is -0.495. The minimum Gasteiger partial charge on any atom is -0.390 e. The second kappa shape index (κ2) is 9.43. The molecule has 0 unspecified atom stereocenters. The fourth-order valence-corrected chi connectivity index (χ4v) is 2.88. The Bertz CT molecular complexity index is 1150. The molecular weight excluding hydrogens is 411 g/mol. The number of carbonyl (C=O) groups excluding carboxylic acids is 1. The highest BCUT2D eigenvalue weighted by atomic mass is 19.4. The Morgan fingerprint density at radius 3 is 2.42 bits per heavy atom. The van der Waals surface area contributed by atoms with E-state index in [0.29, 0.717) is 22.2 Å². The highest BCUT2D eigenvalue weighted by Crippen LogP contribution is 2.25. The molecule has 7 nitrogen and oxygen atoms in total. The van der Waals surface area contributed by atoms with Crippen molar-refractivity contribution in [3.8, 4) is 11.3 Å². The summed E-state index contributed by atoms with van der Waals surface area (Å²) in [4.78, 5) is 24.3. The van der Waals surface area contributed by atoms with Crippen molar-refractivity contribution in [3.63, 3.8) is 0 Å². The molecule has 31 heavy (non-hydrogen) atoms. The van der Waals surface area contributed by atoms with Crippen LogP contribution in [0.15, 0.2) is 65.1 Å². The molecule has 162 valence electrons. The molecule has 1 heterocycles. The van der Waals surface area contributed by atoms with Gasteiger partial charge in [0.1, 0.15) is 0 Å². The first-order valence-electron chi connectivity index (χ1n) is 9.37. The molecule has 1 amide bonds. The van der Waals surface area contributed by atoms with E-state index in [1.807, 2.05) is 6.07 Å². The van der Waals surface area contributed by atoms with Crippen LogP contribution in [0.25, 0.3) is 22.0 Å². The lowest BCUT2D eigenvalue weighted by Gasteiger charge is -2.10. The third-order valence-electron chi connectivity index (χ3n) is 4.45. The third kappa shape index (κ3) is 5.70. The van der Waals surface area contributed by atoms with Gasteiger partial charge in [0.05, 0.1) is 17.5 Å². The third-order valence-corrected chi connectivity index (χ3v) is 4.45. The number of benzene rings is 2. The van der Waals surface area contributed by atoms with Crippen LogP contribution in [0.5, 0.6) is 0 Å². The van der Waals surface area contributed by atoms with Crippen LogP contribution in [0.1, 0.15) is 6.42 Å². The van der Waals surface area contributed by atoms with Crippen LogP contribution in [0.4, 0.5) is 18.9 Å². The standard InChI is InChI=1S/C21H20F3N5O2/c22-21(23,24)9-10-26-12-14(11-25)19(30)27-15-7-5-13(6-8-15)18-16-3-1-2-4-17(16)20(31)29-28-18/h1-8,12,26H,9-11,25H2,(H,27,30)(H,29,31)/b14-12+.